The Morgan fingerprint density at radius 2 is 1.76 bits per heavy atom. The Kier molecular flexibility index (Phi) is 7.12. The second kappa shape index (κ2) is 10.8. The van der Waals surface area contributed by atoms with Gasteiger partial charge in [-0.2, -0.15) is 0 Å². The van der Waals surface area contributed by atoms with Crippen LogP contribution >= 0.6 is 23.2 Å². The van der Waals surface area contributed by atoms with Gasteiger partial charge in [-0.1, -0.05) is 65.7 Å². The molecule has 2 aliphatic rings. The van der Waals surface area contributed by atoms with Crippen molar-refractivity contribution in [3.8, 4) is 11.3 Å². The molecule has 0 radical (unpaired) electrons. The Hall–Kier alpha value is -2.96. The van der Waals surface area contributed by atoms with E-state index < -0.39 is 0 Å². The van der Waals surface area contributed by atoms with E-state index in [0.29, 0.717) is 16.0 Å². The summed E-state index contributed by atoms with van der Waals surface area (Å²) in [5.74, 6) is 0.772. The summed E-state index contributed by atoms with van der Waals surface area (Å²) in [5.41, 5.74) is 7.92. The standard InChI is InChI=1S/C30H28Cl2N4O/c31-27-10-7-21(18-28(27)32)26-17-22-19-33-30(35-29(22)25-4-2-1-3-24(25)26)34-23-8-5-20(6-9-23)11-12-36-13-15-37-16-14-36/h1-10,18-19,26H,11-17H2,(H,33,34,35)/t26-/m1/s1. The molecule has 1 atom stereocenters. The highest BCUT2D eigenvalue weighted by atomic mass is 35.5. The van der Waals surface area contributed by atoms with Gasteiger partial charge in [0, 0.05) is 43.0 Å². The van der Waals surface area contributed by atoms with E-state index in [0.717, 1.165) is 73.8 Å². The Morgan fingerprint density at radius 1 is 0.946 bits per heavy atom. The lowest BCUT2D eigenvalue weighted by Gasteiger charge is -2.27. The molecule has 1 saturated heterocycles. The number of benzene rings is 3. The van der Waals surface area contributed by atoms with E-state index in [1.165, 1.54) is 11.1 Å². The molecule has 5 nitrogen and oxygen atoms in total. The normalized spacial score (nSPS) is 17.2. The molecule has 1 aliphatic carbocycles. The van der Waals surface area contributed by atoms with Crippen molar-refractivity contribution in [2.75, 3.05) is 38.2 Å². The first-order chi connectivity index (χ1) is 18.1. The molecule has 188 valence electrons. The summed E-state index contributed by atoms with van der Waals surface area (Å²) in [4.78, 5) is 12.1. The van der Waals surface area contributed by atoms with Crippen LogP contribution in [0.15, 0.2) is 72.9 Å². The molecule has 3 aromatic carbocycles. The van der Waals surface area contributed by atoms with E-state index in [1.807, 2.05) is 18.3 Å². The number of nitrogens with one attached hydrogen (secondary N) is 1. The summed E-state index contributed by atoms with van der Waals surface area (Å²) in [6.45, 7) is 4.78. The number of halogens is 2. The van der Waals surface area contributed by atoms with Gasteiger partial charge in [0.15, 0.2) is 0 Å². The van der Waals surface area contributed by atoms with Crippen LogP contribution in [0.25, 0.3) is 11.3 Å². The van der Waals surface area contributed by atoms with Crippen LogP contribution in [0.5, 0.6) is 0 Å². The molecule has 1 fully saturated rings. The zero-order valence-electron chi connectivity index (χ0n) is 20.5. The molecule has 6 rings (SSSR count). The fourth-order valence-electron chi connectivity index (χ4n) is 5.22. The lowest BCUT2D eigenvalue weighted by atomic mass is 9.78. The number of nitrogens with zero attached hydrogens (tertiary/aromatic N) is 3. The maximum absolute atomic E-state index is 6.35. The van der Waals surface area contributed by atoms with Gasteiger partial charge in [-0.3, -0.25) is 4.90 Å². The van der Waals surface area contributed by atoms with Gasteiger partial charge < -0.3 is 10.1 Å². The molecule has 7 heteroatoms. The fraction of sp³-hybridized carbons (Fsp3) is 0.267. The van der Waals surface area contributed by atoms with Crippen LogP contribution in [0.2, 0.25) is 10.0 Å². The Balaban J connectivity index is 1.20. The van der Waals surface area contributed by atoms with Gasteiger partial charge in [0.05, 0.1) is 29.0 Å². The summed E-state index contributed by atoms with van der Waals surface area (Å²) in [6, 6.07) is 22.9. The number of anilines is 2. The van der Waals surface area contributed by atoms with E-state index in [4.69, 9.17) is 32.9 Å². The molecule has 0 spiro atoms. The summed E-state index contributed by atoms with van der Waals surface area (Å²) in [6.07, 6.45) is 3.79. The first kappa shape index (κ1) is 24.4. The van der Waals surface area contributed by atoms with E-state index in [1.54, 1.807) is 0 Å². The van der Waals surface area contributed by atoms with Crippen molar-refractivity contribution in [2.24, 2.45) is 0 Å². The van der Waals surface area contributed by atoms with Crippen molar-refractivity contribution >= 4 is 34.8 Å². The zero-order valence-corrected chi connectivity index (χ0v) is 22.0. The van der Waals surface area contributed by atoms with E-state index in [9.17, 15) is 0 Å². The van der Waals surface area contributed by atoms with Gasteiger partial charge in [-0.15, -0.1) is 0 Å². The van der Waals surface area contributed by atoms with Crippen LogP contribution in [-0.2, 0) is 17.6 Å². The van der Waals surface area contributed by atoms with E-state index in [-0.39, 0.29) is 5.92 Å². The molecule has 1 N–H and O–H groups in total. The molecule has 1 aromatic heterocycles. The molecule has 37 heavy (non-hydrogen) atoms. The van der Waals surface area contributed by atoms with Gasteiger partial charge in [-0.25, -0.2) is 9.97 Å². The molecular weight excluding hydrogens is 503 g/mol. The number of rotatable bonds is 6. The number of morpholine rings is 1. The maximum atomic E-state index is 6.35. The highest BCUT2D eigenvalue weighted by molar-refractivity contribution is 6.42. The van der Waals surface area contributed by atoms with Gasteiger partial charge >= 0.3 is 0 Å². The Labute approximate surface area is 227 Å². The number of fused-ring (bicyclic) bond motifs is 3. The monoisotopic (exact) mass is 530 g/mol. The largest absolute Gasteiger partial charge is 0.379 e. The maximum Gasteiger partial charge on any atom is 0.227 e. The van der Waals surface area contributed by atoms with Crippen LogP contribution in [0.1, 0.15) is 28.2 Å². The summed E-state index contributed by atoms with van der Waals surface area (Å²) < 4.78 is 5.44. The third-order valence-corrected chi connectivity index (χ3v) is 8.00. The number of hydrogen-bond donors (Lipinski definition) is 1. The topological polar surface area (TPSA) is 50.3 Å². The first-order valence-electron chi connectivity index (χ1n) is 12.7. The SMILES string of the molecule is Clc1ccc([C@H]2Cc3cnc(Nc4ccc(CCN5CCOCC5)cc4)nc3-c3ccccc32)cc1Cl. The van der Waals surface area contributed by atoms with Crippen LogP contribution < -0.4 is 5.32 Å². The molecule has 0 amide bonds. The van der Waals surface area contributed by atoms with Gasteiger partial charge in [0.1, 0.15) is 0 Å². The van der Waals surface area contributed by atoms with Crippen LogP contribution in [-0.4, -0.2) is 47.7 Å². The second-order valence-corrected chi connectivity index (χ2v) is 10.4. The minimum atomic E-state index is 0.172. The third-order valence-electron chi connectivity index (χ3n) is 7.26. The molecule has 4 aromatic rings. The van der Waals surface area contributed by atoms with Crippen molar-refractivity contribution in [2.45, 2.75) is 18.8 Å². The van der Waals surface area contributed by atoms with Crippen molar-refractivity contribution in [1.82, 2.24) is 14.9 Å². The third kappa shape index (κ3) is 5.36. The molecule has 0 bridgehead atoms. The quantitative estimate of drug-likeness (QED) is 0.298. The number of hydrogen-bond acceptors (Lipinski definition) is 5. The van der Waals surface area contributed by atoms with Crippen LogP contribution in [0.3, 0.4) is 0 Å². The van der Waals surface area contributed by atoms with Crippen molar-refractivity contribution < 1.29 is 4.74 Å². The van der Waals surface area contributed by atoms with E-state index in [2.05, 4.69) is 69.8 Å². The fourth-order valence-corrected chi connectivity index (χ4v) is 5.52. The second-order valence-electron chi connectivity index (χ2n) is 9.61. The number of aromatic nitrogens is 2. The molecule has 0 unspecified atom stereocenters. The van der Waals surface area contributed by atoms with Gasteiger partial charge in [-0.05, 0) is 59.4 Å². The molecular formula is C30H28Cl2N4O. The summed E-state index contributed by atoms with van der Waals surface area (Å²) in [7, 11) is 0. The van der Waals surface area contributed by atoms with Gasteiger partial charge in [0.2, 0.25) is 5.95 Å². The lowest BCUT2D eigenvalue weighted by Crippen LogP contribution is -2.37. The minimum absolute atomic E-state index is 0.172. The summed E-state index contributed by atoms with van der Waals surface area (Å²) in [5, 5.41) is 4.54. The van der Waals surface area contributed by atoms with Crippen LogP contribution in [0, 0.1) is 0 Å². The molecule has 2 heterocycles. The van der Waals surface area contributed by atoms with Crippen LogP contribution in [0.4, 0.5) is 11.6 Å². The highest BCUT2D eigenvalue weighted by Gasteiger charge is 2.27. The number of ether oxygens (including phenoxy) is 1. The predicted molar refractivity (Wildman–Crippen MR) is 150 cm³/mol. The van der Waals surface area contributed by atoms with Crippen molar-refractivity contribution in [3.05, 3.63) is 105 Å². The Morgan fingerprint density at radius 3 is 2.57 bits per heavy atom. The Bertz CT molecular complexity index is 1400. The van der Waals surface area contributed by atoms with E-state index >= 15 is 0 Å². The van der Waals surface area contributed by atoms with Gasteiger partial charge in [0.25, 0.3) is 0 Å². The average Bonchev–Trinajstić information content (AvgIpc) is 2.94. The van der Waals surface area contributed by atoms with Crippen molar-refractivity contribution in [1.29, 1.82) is 0 Å². The molecule has 0 saturated carbocycles. The smallest absolute Gasteiger partial charge is 0.227 e. The van der Waals surface area contributed by atoms with Crippen molar-refractivity contribution in [3.63, 3.8) is 0 Å². The highest BCUT2D eigenvalue weighted by Crippen LogP contribution is 2.43. The molecule has 1 aliphatic heterocycles. The summed E-state index contributed by atoms with van der Waals surface area (Å²) >= 11 is 12.5. The average molecular weight is 531 g/mol. The zero-order chi connectivity index (χ0) is 25.2. The predicted octanol–water partition coefficient (Wildman–Crippen LogP) is 6.76. The first-order valence-corrected chi connectivity index (χ1v) is 13.5. The minimum Gasteiger partial charge on any atom is -0.379 e. The lowest BCUT2D eigenvalue weighted by molar-refractivity contribution is 0.0384.